The second-order valence-electron chi connectivity index (χ2n) is 5.68. The summed E-state index contributed by atoms with van der Waals surface area (Å²) < 4.78 is 5.84. The van der Waals surface area contributed by atoms with Crippen LogP contribution in [0.3, 0.4) is 0 Å². The summed E-state index contributed by atoms with van der Waals surface area (Å²) in [4.78, 5) is 4.85. The van der Waals surface area contributed by atoms with Crippen molar-refractivity contribution < 1.29 is 4.74 Å². The van der Waals surface area contributed by atoms with E-state index < -0.39 is 0 Å². The lowest BCUT2D eigenvalue weighted by atomic mass is 10.0. The highest BCUT2D eigenvalue weighted by Crippen LogP contribution is 2.31. The summed E-state index contributed by atoms with van der Waals surface area (Å²) in [6.45, 7) is 10.4. The van der Waals surface area contributed by atoms with Gasteiger partial charge in [0.1, 0.15) is 17.1 Å². The molecular weight excluding hydrogens is 260 g/mol. The van der Waals surface area contributed by atoms with Gasteiger partial charge in [0.15, 0.2) is 0 Å². The number of rotatable bonds is 7. The highest BCUT2D eigenvalue weighted by atomic mass is 16.5. The largest absolute Gasteiger partial charge is 0.491 e. The Bertz CT molecular complexity index is 593. The zero-order valence-electron chi connectivity index (χ0n) is 13.6. The average molecular weight is 286 g/mol. The van der Waals surface area contributed by atoms with Gasteiger partial charge >= 0.3 is 0 Å². The normalized spacial score (nSPS) is 11.1. The highest BCUT2D eigenvalue weighted by molar-refractivity contribution is 5.87. The molecule has 0 bridgehead atoms. The molecule has 0 aliphatic rings. The number of pyridine rings is 1. The molecule has 0 aliphatic carbocycles. The topological polar surface area (TPSA) is 34.2 Å². The van der Waals surface area contributed by atoms with Crippen LogP contribution in [0, 0.1) is 0 Å². The Morgan fingerprint density at radius 2 is 2.00 bits per heavy atom. The maximum Gasteiger partial charge on any atom is 0.145 e. The third-order valence-corrected chi connectivity index (χ3v) is 3.46. The average Bonchev–Trinajstić information content (AvgIpc) is 2.49. The molecule has 0 amide bonds. The Kier molecular flexibility index (Phi) is 5.43. The van der Waals surface area contributed by atoms with Gasteiger partial charge in [0.25, 0.3) is 0 Å². The molecule has 1 aromatic heterocycles. The summed E-state index contributed by atoms with van der Waals surface area (Å²) in [5, 5.41) is 4.60. The fraction of sp³-hybridized carbons (Fsp3) is 0.500. The molecule has 1 N–H and O–H groups in total. The van der Waals surface area contributed by atoms with Gasteiger partial charge in [-0.2, -0.15) is 0 Å². The van der Waals surface area contributed by atoms with Crippen LogP contribution in [0.2, 0.25) is 0 Å². The Hall–Kier alpha value is -1.77. The monoisotopic (exact) mass is 286 g/mol. The molecule has 0 saturated heterocycles. The number of para-hydroxylation sites is 1. The number of hydrogen-bond donors (Lipinski definition) is 1. The molecule has 0 aliphatic heterocycles. The molecule has 2 aromatic rings. The molecule has 0 radical (unpaired) electrons. The third kappa shape index (κ3) is 3.66. The van der Waals surface area contributed by atoms with Crippen molar-refractivity contribution in [3.8, 4) is 5.75 Å². The maximum absolute atomic E-state index is 5.84. The van der Waals surface area contributed by atoms with E-state index in [0.717, 1.165) is 48.5 Å². The summed E-state index contributed by atoms with van der Waals surface area (Å²) in [6.07, 6.45) is 2.09. The molecule has 1 heterocycles. The first-order chi connectivity index (χ1) is 10.2. The number of anilines is 1. The van der Waals surface area contributed by atoms with Gasteiger partial charge in [-0.15, -0.1) is 0 Å². The van der Waals surface area contributed by atoms with E-state index in [9.17, 15) is 0 Å². The van der Waals surface area contributed by atoms with E-state index in [2.05, 4.69) is 45.1 Å². The number of ether oxygens (including phenoxy) is 1. The standard InChI is InChI=1S/C18H26N2O/c1-5-10-19-18-15(13(3)4)12-14-8-7-9-16(17(14)20-18)21-11-6-2/h7-9,12-13H,5-6,10-11H2,1-4H3,(H,19,20). The van der Waals surface area contributed by atoms with Crippen molar-refractivity contribution in [2.45, 2.75) is 46.5 Å². The van der Waals surface area contributed by atoms with Crippen molar-refractivity contribution >= 4 is 16.7 Å². The van der Waals surface area contributed by atoms with E-state index in [0.29, 0.717) is 5.92 Å². The number of benzene rings is 1. The molecule has 3 heteroatoms. The minimum atomic E-state index is 0.446. The molecule has 1 aromatic carbocycles. The van der Waals surface area contributed by atoms with Crippen LogP contribution >= 0.6 is 0 Å². The Morgan fingerprint density at radius 1 is 1.19 bits per heavy atom. The van der Waals surface area contributed by atoms with Crippen molar-refractivity contribution in [2.24, 2.45) is 0 Å². The Labute approximate surface area is 127 Å². The van der Waals surface area contributed by atoms with Crippen molar-refractivity contribution in [1.82, 2.24) is 4.98 Å². The first-order valence-corrected chi connectivity index (χ1v) is 7.97. The second-order valence-corrected chi connectivity index (χ2v) is 5.68. The smallest absolute Gasteiger partial charge is 0.145 e. The minimum absolute atomic E-state index is 0.446. The minimum Gasteiger partial charge on any atom is -0.491 e. The van der Waals surface area contributed by atoms with Crippen molar-refractivity contribution in [3.63, 3.8) is 0 Å². The van der Waals surface area contributed by atoms with Crippen LogP contribution in [-0.4, -0.2) is 18.1 Å². The Balaban J connectivity index is 2.50. The highest BCUT2D eigenvalue weighted by Gasteiger charge is 2.12. The van der Waals surface area contributed by atoms with Crippen LogP contribution in [0.1, 0.15) is 52.0 Å². The van der Waals surface area contributed by atoms with Gasteiger partial charge in [0.2, 0.25) is 0 Å². The lowest BCUT2D eigenvalue weighted by Crippen LogP contribution is -2.07. The van der Waals surface area contributed by atoms with E-state index >= 15 is 0 Å². The number of aromatic nitrogens is 1. The fourth-order valence-electron chi connectivity index (χ4n) is 2.34. The number of nitrogens with zero attached hydrogens (tertiary/aromatic N) is 1. The molecule has 0 fully saturated rings. The zero-order chi connectivity index (χ0) is 15.2. The molecule has 0 saturated carbocycles. The summed E-state index contributed by atoms with van der Waals surface area (Å²) >= 11 is 0. The van der Waals surface area contributed by atoms with Gasteiger partial charge in [-0.05, 0) is 36.5 Å². The molecule has 0 spiro atoms. The van der Waals surface area contributed by atoms with Crippen LogP contribution in [0.4, 0.5) is 5.82 Å². The van der Waals surface area contributed by atoms with Crippen molar-refractivity contribution in [3.05, 3.63) is 29.8 Å². The van der Waals surface area contributed by atoms with Gasteiger partial charge in [-0.25, -0.2) is 4.98 Å². The molecule has 2 rings (SSSR count). The molecule has 114 valence electrons. The molecule has 21 heavy (non-hydrogen) atoms. The van der Waals surface area contributed by atoms with Crippen LogP contribution in [0.15, 0.2) is 24.3 Å². The molecule has 0 atom stereocenters. The van der Waals surface area contributed by atoms with Crippen LogP contribution < -0.4 is 10.1 Å². The molecule has 0 unspecified atom stereocenters. The van der Waals surface area contributed by atoms with E-state index in [1.54, 1.807) is 0 Å². The number of fused-ring (bicyclic) bond motifs is 1. The predicted octanol–water partition coefficient (Wildman–Crippen LogP) is 4.97. The van der Waals surface area contributed by atoms with E-state index in [-0.39, 0.29) is 0 Å². The van der Waals surface area contributed by atoms with Crippen molar-refractivity contribution in [2.75, 3.05) is 18.5 Å². The summed E-state index contributed by atoms with van der Waals surface area (Å²) in [5.41, 5.74) is 2.22. The summed E-state index contributed by atoms with van der Waals surface area (Å²) in [6, 6.07) is 8.39. The lowest BCUT2D eigenvalue weighted by molar-refractivity contribution is 0.320. The first kappa shape index (κ1) is 15.6. The van der Waals surface area contributed by atoms with Gasteiger partial charge in [-0.3, -0.25) is 0 Å². The van der Waals surface area contributed by atoms with Crippen LogP contribution in [-0.2, 0) is 0 Å². The predicted molar refractivity (Wildman–Crippen MR) is 90.4 cm³/mol. The Morgan fingerprint density at radius 3 is 2.67 bits per heavy atom. The summed E-state index contributed by atoms with van der Waals surface area (Å²) in [7, 11) is 0. The second kappa shape index (κ2) is 7.30. The molecule has 3 nitrogen and oxygen atoms in total. The molecular formula is C18H26N2O. The SMILES string of the molecule is CCCNc1nc2c(OCCC)cccc2cc1C(C)C. The lowest BCUT2D eigenvalue weighted by Gasteiger charge is -2.16. The number of hydrogen-bond acceptors (Lipinski definition) is 3. The van der Waals surface area contributed by atoms with Gasteiger partial charge in [0.05, 0.1) is 6.61 Å². The summed E-state index contributed by atoms with van der Waals surface area (Å²) in [5.74, 6) is 2.32. The maximum atomic E-state index is 5.84. The van der Waals surface area contributed by atoms with E-state index in [1.807, 2.05) is 12.1 Å². The number of nitrogens with one attached hydrogen (secondary N) is 1. The van der Waals surface area contributed by atoms with Crippen LogP contribution in [0.25, 0.3) is 10.9 Å². The van der Waals surface area contributed by atoms with Gasteiger partial charge < -0.3 is 10.1 Å². The zero-order valence-corrected chi connectivity index (χ0v) is 13.6. The van der Waals surface area contributed by atoms with Gasteiger partial charge in [-0.1, -0.05) is 39.8 Å². The van der Waals surface area contributed by atoms with E-state index in [4.69, 9.17) is 9.72 Å². The quantitative estimate of drug-likeness (QED) is 0.780. The van der Waals surface area contributed by atoms with E-state index in [1.165, 1.54) is 5.56 Å². The van der Waals surface area contributed by atoms with Gasteiger partial charge in [0, 0.05) is 11.9 Å². The van der Waals surface area contributed by atoms with Crippen LogP contribution in [0.5, 0.6) is 5.75 Å². The third-order valence-electron chi connectivity index (χ3n) is 3.46. The fourth-order valence-corrected chi connectivity index (χ4v) is 2.34. The van der Waals surface area contributed by atoms with Crippen molar-refractivity contribution in [1.29, 1.82) is 0 Å². The first-order valence-electron chi connectivity index (χ1n) is 7.97.